The molecule has 3 aromatic carbocycles. The minimum atomic E-state index is 0.807. The van der Waals surface area contributed by atoms with Crippen LogP contribution in [0.4, 0.5) is 11.4 Å². The van der Waals surface area contributed by atoms with Crippen molar-refractivity contribution in [2.24, 2.45) is 0 Å². The van der Waals surface area contributed by atoms with E-state index in [0.29, 0.717) is 0 Å². The number of hydrogen-bond acceptors (Lipinski definition) is 2. The van der Waals surface area contributed by atoms with Gasteiger partial charge in [-0.3, -0.25) is 0 Å². The van der Waals surface area contributed by atoms with Crippen LogP contribution in [0.1, 0.15) is 5.56 Å². The Hall–Kier alpha value is -2.48. The van der Waals surface area contributed by atoms with Gasteiger partial charge < -0.3 is 10.6 Å². The van der Waals surface area contributed by atoms with Crippen molar-refractivity contribution < 1.29 is 0 Å². The lowest BCUT2D eigenvalue weighted by Crippen LogP contribution is -2.16. The molecule has 0 heterocycles. The second-order valence-corrected chi connectivity index (χ2v) is 5.10. The van der Waals surface area contributed by atoms with Crippen LogP contribution in [0.15, 0.2) is 66.7 Å². The fraction of sp³-hybridized carbons (Fsp3) is 0.111. The fourth-order valence-electron chi connectivity index (χ4n) is 2.52. The Morgan fingerprint density at radius 1 is 0.850 bits per heavy atom. The minimum Gasteiger partial charge on any atom is -0.399 e. The number of hydrogen-bond donors (Lipinski definition) is 1. The molecule has 3 aromatic rings. The number of nitrogens with zero attached hydrogens (tertiary/aromatic N) is 1. The van der Waals surface area contributed by atoms with E-state index < -0.39 is 0 Å². The molecule has 2 heteroatoms. The number of anilines is 2. The highest BCUT2D eigenvalue weighted by atomic mass is 15.1. The standard InChI is InChI=1S/C18H18N2/c1-20(13-14-9-11-16(19)12-10-14)18-8-4-6-15-5-2-3-7-17(15)18/h2-12H,13,19H2,1H3. The normalized spacial score (nSPS) is 10.7. The number of benzene rings is 3. The molecule has 0 aliphatic carbocycles. The number of rotatable bonds is 3. The van der Waals surface area contributed by atoms with Crippen LogP contribution in [-0.2, 0) is 6.54 Å². The van der Waals surface area contributed by atoms with Gasteiger partial charge in [-0.2, -0.15) is 0 Å². The number of fused-ring (bicyclic) bond motifs is 1. The van der Waals surface area contributed by atoms with Crippen LogP contribution in [0.2, 0.25) is 0 Å². The second kappa shape index (κ2) is 5.25. The molecule has 0 unspecified atom stereocenters. The molecular formula is C18H18N2. The third-order valence-electron chi connectivity index (χ3n) is 3.58. The fourth-order valence-corrected chi connectivity index (χ4v) is 2.52. The maximum Gasteiger partial charge on any atom is 0.0446 e. The zero-order valence-electron chi connectivity index (χ0n) is 11.6. The van der Waals surface area contributed by atoms with Gasteiger partial charge in [-0.25, -0.2) is 0 Å². The smallest absolute Gasteiger partial charge is 0.0446 e. The van der Waals surface area contributed by atoms with Gasteiger partial charge in [0.05, 0.1) is 0 Å². The first kappa shape index (κ1) is 12.5. The molecule has 0 aliphatic rings. The molecule has 0 radical (unpaired) electrons. The zero-order chi connectivity index (χ0) is 13.9. The zero-order valence-corrected chi connectivity index (χ0v) is 11.6. The maximum absolute atomic E-state index is 5.73. The highest BCUT2D eigenvalue weighted by molar-refractivity contribution is 5.94. The van der Waals surface area contributed by atoms with Crippen molar-refractivity contribution in [1.82, 2.24) is 0 Å². The average Bonchev–Trinajstić information content (AvgIpc) is 2.49. The highest BCUT2D eigenvalue weighted by Gasteiger charge is 2.06. The molecule has 0 fully saturated rings. The summed E-state index contributed by atoms with van der Waals surface area (Å²) >= 11 is 0. The summed E-state index contributed by atoms with van der Waals surface area (Å²) in [6.45, 7) is 0.869. The maximum atomic E-state index is 5.73. The van der Waals surface area contributed by atoms with Gasteiger partial charge in [-0.05, 0) is 29.1 Å². The van der Waals surface area contributed by atoms with Gasteiger partial charge in [0.2, 0.25) is 0 Å². The molecular weight excluding hydrogens is 244 g/mol. The van der Waals surface area contributed by atoms with E-state index in [9.17, 15) is 0 Å². The van der Waals surface area contributed by atoms with Crippen LogP contribution < -0.4 is 10.6 Å². The molecule has 20 heavy (non-hydrogen) atoms. The van der Waals surface area contributed by atoms with Crippen molar-refractivity contribution in [3.05, 3.63) is 72.3 Å². The Morgan fingerprint density at radius 2 is 1.55 bits per heavy atom. The van der Waals surface area contributed by atoms with Crippen molar-refractivity contribution >= 4 is 22.1 Å². The Labute approximate surface area is 119 Å². The second-order valence-electron chi connectivity index (χ2n) is 5.10. The predicted octanol–water partition coefficient (Wildman–Crippen LogP) is 4.06. The van der Waals surface area contributed by atoms with Gasteiger partial charge >= 0.3 is 0 Å². The van der Waals surface area contributed by atoms with Crippen LogP contribution in [0.3, 0.4) is 0 Å². The molecule has 2 nitrogen and oxygen atoms in total. The van der Waals surface area contributed by atoms with Crippen molar-refractivity contribution in [3.63, 3.8) is 0 Å². The van der Waals surface area contributed by atoms with E-state index in [0.717, 1.165) is 12.2 Å². The first-order valence-corrected chi connectivity index (χ1v) is 6.77. The van der Waals surface area contributed by atoms with E-state index in [2.05, 4.69) is 66.5 Å². The molecule has 0 aliphatic heterocycles. The molecule has 0 amide bonds. The van der Waals surface area contributed by atoms with Gasteiger partial charge in [-0.1, -0.05) is 48.5 Å². The molecule has 100 valence electrons. The van der Waals surface area contributed by atoms with Crippen LogP contribution in [0, 0.1) is 0 Å². The third-order valence-corrected chi connectivity index (χ3v) is 3.58. The van der Waals surface area contributed by atoms with Crippen LogP contribution >= 0.6 is 0 Å². The molecule has 3 rings (SSSR count). The molecule has 0 bridgehead atoms. The van der Waals surface area contributed by atoms with Crippen molar-refractivity contribution in [1.29, 1.82) is 0 Å². The Balaban J connectivity index is 1.92. The molecule has 0 saturated carbocycles. The van der Waals surface area contributed by atoms with E-state index in [1.807, 2.05) is 12.1 Å². The molecule has 0 aromatic heterocycles. The van der Waals surface area contributed by atoms with Crippen LogP contribution in [-0.4, -0.2) is 7.05 Å². The predicted molar refractivity (Wildman–Crippen MR) is 86.9 cm³/mol. The Bertz CT molecular complexity index is 712. The number of nitrogens with two attached hydrogens (primary N) is 1. The summed E-state index contributed by atoms with van der Waals surface area (Å²) in [5.41, 5.74) is 9.05. The summed E-state index contributed by atoms with van der Waals surface area (Å²) in [7, 11) is 2.12. The third kappa shape index (κ3) is 2.45. The van der Waals surface area contributed by atoms with Crippen LogP contribution in [0.25, 0.3) is 10.8 Å². The molecule has 0 saturated heterocycles. The van der Waals surface area contributed by atoms with E-state index in [1.165, 1.54) is 22.0 Å². The van der Waals surface area contributed by atoms with Crippen molar-refractivity contribution in [3.8, 4) is 0 Å². The van der Waals surface area contributed by atoms with Crippen molar-refractivity contribution in [2.45, 2.75) is 6.54 Å². The minimum absolute atomic E-state index is 0.807. The summed E-state index contributed by atoms with van der Waals surface area (Å²) in [4.78, 5) is 2.27. The summed E-state index contributed by atoms with van der Waals surface area (Å²) < 4.78 is 0. The first-order chi connectivity index (χ1) is 9.74. The lowest BCUT2D eigenvalue weighted by atomic mass is 10.1. The van der Waals surface area contributed by atoms with Gasteiger partial charge in [0.25, 0.3) is 0 Å². The van der Waals surface area contributed by atoms with Gasteiger partial charge in [0.1, 0.15) is 0 Å². The van der Waals surface area contributed by atoms with Crippen LogP contribution in [0.5, 0.6) is 0 Å². The monoisotopic (exact) mass is 262 g/mol. The van der Waals surface area contributed by atoms with E-state index >= 15 is 0 Å². The first-order valence-electron chi connectivity index (χ1n) is 6.77. The van der Waals surface area contributed by atoms with Gasteiger partial charge in [0, 0.05) is 30.4 Å². The lowest BCUT2D eigenvalue weighted by molar-refractivity contribution is 0.928. The number of nitrogen functional groups attached to an aromatic ring is 1. The molecule has 0 spiro atoms. The molecule has 0 atom stereocenters. The highest BCUT2D eigenvalue weighted by Crippen LogP contribution is 2.26. The van der Waals surface area contributed by atoms with E-state index in [4.69, 9.17) is 5.73 Å². The Kier molecular flexibility index (Phi) is 3.30. The topological polar surface area (TPSA) is 29.3 Å². The quantitative estimate of drug-likeness (QED) is 0.721. The largest absolute Gasteiger partial charge is 0.399 e. The summed E-state index contributed by atoms with van der Waals surface area (Å²) in [6.07, 6.45) is 0. The SMILES string of the molecule is CN(Cc1ccc(N)cc1)c1cccc2ccccc12. The Morgan fingerprint density at radius 3 is 2.35 bits per heavy atom. The summed E-state index contributed by atoms with van der Waals surface area (Å²) in [5, 5.41) is 2.56. The molecule has 2 N–H and O–H groups in total. The average molecular weight is 262 g/mol. The van der Waals surface area contributed by atoms with E-state index in [1.54, 1.807) is 0 Å². The lowest BCUT2D eigenvalue weighted by Gasteiger charge is -2.21. The summed E-state index contributed by atoms with van der Waals surface area (Å²) in [5.74, 6) is 0. The van der Waals surface area contributed by atoms with Gasteiger partial charge in [0.15, 0.2) is 0 Å². The summed E-state index contributed by atoms with van der Waals surface area (Å²) in [6, 6.07) is 23.0. The van der Waals surface area contributed by atoms with Gasteiger partial charge in [-0.15, -0.1) is 0 Å². The van der Waals surface area contributed by atoms with E-state index in [-0.39, 0.29) is 0 Å². The van der Waals surface area contributed by atoms with Crippen molar-refractivity contribution in [2.75, 3.05) is 17.7 Å².